The predicted molar refractivity (Wildman–Crippen MR) is 110 cm³/mol. The number of amides is 2. The van der Waals surface area contributed by atoms with Gasteiger partial charge in [-0.05, 0) is 48.9 Å². The number of benzene rings is 2. The van der Waals surface area contributed by atoms with E-state index in [1.165, 1.54) is 24.3 Å². The highest BCUT2D eigenvalue weighted by molar-refractivity contribution is 5.94. The summed E-state index contributed by atoms with van der Waals surface area (Å²) < 4.78 is 24.0. The lowest BCUT2D eigenvalue weighted by atomic mass is 9.94. The van der Waals surface area contributed by atoms with Crippen molar-refractivity contribution in [1.29, 1.82) is 0 Å². The van der Waals surface area contributed by atoms with Crippen LogP contribution in [0.15, 0.2) is 42.5 Å². The van der Waals surface area contributed by atoms with Gasteiger partial charge in [0.1, 0.15) is 5.82 Å². The third kappa shape index (κ3) is 3.50. The van der Waals surface area contributed by atoms with Crippen LogP contribution >= 0.6 is 0 Å². The van der Waals surface area contributed by atoms with E-state index < -0.39 is 5.66 Å². The molecule has 1 atom stereocenters. The quantitative estimate of drug-likeness (QED) is 0.818. The fraction of sp³-hybridized carbons (Fsp3) is 0.391. The highest BCUT2D eigenvalue weighted by atomic mass is 19.1. The van der Waals surface area contributed by atoms with E-state index in [9.17, 15) is 14.0 Å². The van der Waals surface area contributed by atoms with Crippen molar-refractivity contribution in [3.05, 3.63) is 59.4 Å². The lowest BCUT2D eigenvalue weighted by Gasteiger charge is -2.44. The number of hydrogen-bond donors (Lipinski definition) is 1. The van der Waals surface area contributed by atoms with Crippen molar-refractivity contribution in [2.45, 2.75) is 38.0 Å². The molecule has 3 aliphatic heterocycles. The summed E-state index contributed by atoms with van der Waals surface area (Å²) in [5.41, 5.74) is 0.947. The van der Waals surface area contributed by atoms with Crippen LogP contribution in [0.5, 0.6) is 11.5 Å². The molecule has 0 aliphatic carbocycles. The number of nitrogens with zero attached hydrogens (tertiary/aromatic N) is 2. The summed E-state index contributed by atoms with van der Waals surface area (Å²) in [6, 6.07) is 11.1. The first-order valence-corrected chi connectivity index (χ1v) is 10.5. The molecule has 2 saturated heterocycles. The predicted octanol–water partition coefficient (Wildman–Crippen LogP) is 2.51. The maximum absolute atomic E-state index is 13.2. The van der Waals surface area contributed by atoms with Gasteiger partial charge in [-0.15, -0.1) is 0 Å². The van der Waals surface area contributed by atoms with Gasteiger partial charge in [0, 0.05) is 38.0 Å². The summed E-state index contributed by atoms with van der Waals surface area (Å²) in [4.78, 5) is 29.4. The first kappa shape index (κ1) is 19.8. The Morgan fingerprint density at radius 3 is 2.58 bits per heavy atom. The monoisotopic (exact) mass is 425 g/mol. The minimum Gasteiger partial charge on any atom is -0.454 e. The molecule has 7 nitrogen and oxygen atoms in total. The van der Waals surface area contributed by atoms with Crippen LogP contribution in [0.1, 0.15) is 35.7 Å². The van der Waals surface area contributed by atoms with Crippen molar-refractivity contribution < 1.29 is 23.5 Å². The maximum Gasteiger partial charge on any atom is 0.253 e. The molecule has 0 saturated carbocycles. The summed E-state index contributed by atoms with van der Waals surface area (Å²) in [6.07, 6.45) is 1.25. The molecule has 1 N–H and O–H groups in total. The Balaban J connectivity index is 1.32. The Morgan fingerprint density at radius 1 is 1.13 bits per heavy atom. The summed E-state index contributed by atoms with van der Waals surface area (Å²) in [5, 5.41) is 3.48. The third-order valence-electron chi connectivity index (χ3n) is 6.38. The van der Waals surface area contributed by atoms with Gasteiger partial charge >= 0.3 is 0 Å². The van der Waals surface area contributed by atoms with E-state index in [1.807, 2.05) is 30.0 Å². The number of halogens is 1. The normalized spacial score (nSPS) is 21.7. The summed E-state index contributed by atoms with van der Waals surface area (Å²) in [7, 11) is 0. The molecule has 8 heteroatoms. The fourth-order valence-corrected chi connectivity index (χ4v) is 4.71. The van der Waals surface area contributed by atoms with E-state index in [2.05, 4.69) is 5.32 Å². The molecule has 0 aromatic heterocycles. The lowest BCUT2D eigenvalue weighted by molar-refractivity contribution is -0.133. The fourth-order valence-electron chi connectivity index (χ4n) is 4.71. The Hall–Kier alpha value is -3.13. The number of fused-ring (bicyclic) bond motifs is 1. The van der Waals surface area contributed by atoms with Gasteiger partial charge in [-0.25, -0.2) is 4.39 Å². The number of ether oxygens (including phenoxy) is 2. The molecule has 3 heterocycles. The van der Waals surface area contributed by atoms with Crippen molar-refractivity contribution in [3.63, 3.8) is 0 Å². The number of hydrogen-bond acceptors (Lipinski definition) is 5. The molecular weight excluding hydrogens is 401 g/mol. The number of likely N-dealkylation sites (tertiary alicyclic amines) is 1. The number of carbonyl (C=O) groups is 2. The van der Waals surface area contributed by atoms with Gasteiger partial charge in [0.15, 0.2) is 11.5 Å². The van der Waals surface area contributed by atoms with Crippen LogP contribution in [0.4, 0.5) is 4.39 Å². The van der Waals surface area contributed by atoms with Gasteiger partial charge in [0.25, 0.3) is 5.91 Å². The van der Waals surface area contributed by atoms with Crippen LogP contribution in [-0.2, 0) is 11.3 Å². The van der Waals surface area contributed by atoms with E-state index in [1.54, 1.807) is 4.90 Å². The molecule has 3 aliphatic rings. The molecule has 0 unspecified atom stereocenters. The van der Waals surface area contributed by atoms with Gasteiger partial charge in [0.05, 0.1) is 11.7 Å². The molecular formula is C23H24FN3O4. The van der Waals surface area contributed by atoms with E-state index in [-0.39, 0.29) is 30.5 Å². The molecule has 2 aromatic carbocycles. The van der Waals surface area contributed by atoms with Crippen LogP contribution in [0, 0.1) is 5.82 Å². The van der Waals surface area contributed by atoms with E-state index >= 15 is 0 Å². The van der Waals surface area contributed by atoms with Crippen molar-refractivity contribution in [2.24, 2.45) is 0 Å². The minimum absolute atomic E-state index is 0.0518. The van der Waals surface area contributed by atoms with Crippen LogP contribution in [0.25, 0.3) is 0 Å². The molecule has 162 valence electrons. The van der Waals surface area contributed by atoms with Crippen molar-refractivity contribution >= 4 is 11.8 Å². The zero-order valence-electron chi connectivity index (χ0n) is 17.3. The Morgan fingerprint density at radius 2 is 1.84 bits per heavy atom. The minimum atomic E-state index is -0.494. The van der Waals surface area contributed by atoms with E-state index in [0.717, 1.165) is 5.56 Å². The standard InChI is InChI=1S/C23H24FN3O4/c1-15-21(28)27(13-16-2-7-19-20(12-16)31-14-30-19)23(25-15)8-10-26(11-9-23)22(29)17-3-5-18(24)6-4-17/h2-7,12,15,25H,8-11,13-14H2,1H3/t15-/m1/s1. The Labute approximate surface area is 179 Å². The first-order valence-electron chi connectivity index (χ1n) is 10.5. The van der Waals surface area contributed by atoms with Crippen LogP contribution in [0.2, 0.25) is 0 Å². The van der Waals surface area contributed by atoms with Crippen molar-refractivity contribution in [2.75, 3.05) is 19.9 Å². The average molecular weight is 425 g/mol. The largest absolute Gasteiger partial charge is 0.454 e. The topological polar surface area (TPSA) is 71.1 Å². The second kappa shape index (κ2) is 7.53. The first-order chi connectivity index (χ1) is 14.9. The highest BCUT2D eigenvalue weighted by Gasteiger charge is 2.50. The molecule has 1 spiro atoms. The number of piperidine rings is 1. The molecule has 0 bridgehead atoms. The second-order valence-electron chi connectivity index (χ2n) is 8.31. The van der Waals surface area contributed by atoms with Gasteiger partial charge in [-0.2, -0.15) is 0 Å². The Bertz CT molecular complexity index is 1020. The van der Waals surface area contributed by atoms with Crippen LogP contribution < -0.4 is 14.8 Å². The smallest absolute Gasteiger partial charge is 0.253 e. The third-order valence-corrected chi connectivity index (χ3v) is 6.38. The number of nitrogens with one attached hydrogen (secondary N) is 1. The highest BCUT2D eigenvalue weighted by Crippen LogP contribution is 2.37. The van der Waals surface area contributed by atoms with Gasteiger partial charge < -0.3 is 19.3 Å². The number of carbonyl (C=O) groups excluding carboxylic acids is 2. The molecule has 2 fully saturated rings. The summed E-state index contributed by atoms with van der Waals surface area (Å²) >= 11 is 0. The summed E-state index contributed by atoms with van der Waals surface area (Å²) in [6.45, 7) is 3.57. The van der Waals surface area contributed by atoms with Crippen molar-refractivity contribution in [3.8, 4) is 11.5 Å². The molecule has 2 aromatic rings. The SMILES string of the molecule is C[C@H]1NC2(CCN(C(=O)c3ccc(F)cc3)CC2)N(Cc2ccc3c(c2)OCO3)C1=O. The lowest BCUT2D eigenvalue weighted by Crippen LogP contribution is -2.59. The van der Waals surface area contributed by atoms with Gasteiger partial charge in [-0.3, -0.25) is 14.9 Å². The van der Waals surface area contributed by atoms with Crippen LogP contribution in [0.3, 0.4) is 0 Å². The Kier molecular flexibility index (Phi) is 4.81. The number of rotatable bonds is 3. The zero-order chi connectivity index (χ0) is 21.6. The van der Waals surface area contributed by atoms with Gasteiger partial charge in [-0.1, -0.05) is 6.07 Å². The second-order valence-corrected chi connectivity index (χ2v) is 8.31. The molecule has 31 heavy (non-hydrogen) atoms. The van der Waals surface area contributed by atoms with Gasteiger partial charge in [0.2, 0.25) is 12.7 Å². The zero-order valence-corrected chi connectivity index (χ0v) is 17.3. The average Bonchev–Trinajstić information content (AvgIpc) is 3.33. The van der Waals surface area contributed by atoms with Crippen LogP contribution in [-0.4, -0.2) is 53.2 Å². The van der Waals surface area contributed by atoms with E-state index in [4.69, 9.17) is 9.47 Å². The van der Waals surface area contributed by atoms with Crippen molar-refractivity contribution in [1.82, 2.24) is 15.1 Å². The van der Waals surface area contributed by atoms with E-state index in [0.29, 0.717) is 49.5 Å². The summed E-state index contributed by atoms with van der Waals surface area (Å²) in [5.74, 6) is 0.978. The maximum atomic E-state index is 13.2. The molecule has 0 radical (unpaired) electrons. The molecule has 2 amide bonds. The molecule has 5 rings (SSSR count).